The molecule has 1 radical (unpaired) electrons. The molecule has 2 nitrogen and oxygen atoms in total. The number of halogens is 2. The molecule has 1 atom stereocenters. The Morgan fingerprint density at radius 2 is 1.86 bits per heavy atom. The van der Waals surface area contributed by atoms with Crippen LogP contribution in [0.4, 0.5) is 8.78 Å². The second-order valence-corrected chi connectivity index (χ2v) is 5.19. The van der Waals surface area contributed by atoms with Crippen LogP contribution >= 0.6 is 0 Å². The second kappa shape index (κ2) is 5.72. The highest BCUT2D eigenvalue weighted by molar-refractivity contribution is 5.85. The molecule has 0 N–H and O–H groups in total. The van der Waals surface area contributed by atoms with Crippen molar-refractivity contribution in [3.05, 3.63) is 84.3 Å². The second-order valence-electron chi connectivity index (χ2n) is 5.19. The molecule has 0 spiro atoms. The van der Waals surface area contributed by atoms with E-state index in [0.717, 1.165) is 23.8 Å². The monoisotopic (exact) mass is 298 g/mol. The number of nitrogens with zero attached hydrogens (tertiary/aromatic N) is 1. The molecule has 0 fully saturated rings. The molecule has 111 valence electrons. The van der Waals surface area contributed by atoms with E-state index < -0.39 is 11.6 Å². The van der Waals surface area contributed by atoms with Crippen molar-refractivity contribution in [3.8, 4) is 0 Å². The minimum Gasteiger partial charge on any atom is -0.328 e. The van der Waals surface area contributed by atoms with Gasteiger partial charge in [-0.25, -0.2) is 8.78 Å². The summed E-state index contributed by atoms with van der Waals surface area (Å²) in [4.78, 5) is 13.3. The minimum atomic E-state index is -0.507. The third kappa shape index (κ3) is 2.64. The molecule has 22 heavy (non-hydrogen) atoms. The van der Waals surface area contributed by atoms with Gasteiger partial charge in [-0.3, -0.25) is 4.79 Å². The molecule has 1 heterocycles. The zero-order chi connectivity index (χ0) is 15.7. The molecule has 0 aliphatic carbocycles. The quantitative estimate of drug-likeness (QED) is 0.826. The van der Waals surface area contributed by atoms with E-state index in [4.69, 9.17) is 0 Å². The van der Waals surface area contributed by atoms with Crippen LogP contribution in [0.25, 0.3) is 5.57 Å². The first-order valence-electron chi connectivity index (χ1n) is 6.90. The highest BCUT2D eigenvalue weighted by Crippen LogP contribution is 2.35. The SMILES string of the molecule is [CH2]C(=O)N1CC(c2cc(F)ccc2F)=CC1c1ccccc1. The van der Waals surface area contributed by atoms with Crippen LogP contribution in [-0.4, -0.2) is 17.4 Å². The highest BCUT2D eigenvalue weighted by Gasteiger charge is 2.29. The van der Waals surface area contributed by atoms with Crippen molar-refractivity contribution in [1.29, 1.82) is 0 Å². The Hall–Kier alpha value is -2.49. The van der Waals surface area contributed by atoms with E-state index in [9.17, 15) is 13.6 Å². The van der Waals surface area contributed by atoms with Crippen molar-refractivity contribution >= 4 is 11.5 Å². The van der Waals surface area contributed by atoms with Crippen LogP contribution in [0.3, 0.4) is 0 Å². The Morgan fingerprint density at radius 3 is 2.55 bits per heavy atom. The van der Waals surface area contributed by atoms with E-state index in [1.807, 2.05) is 30.3 Å². The summed E-state index contributed by atoms with van der Waals surface area (Å²) in [7, 11) is 0. The molecular weight excluding hydrogens is 284 g/mol. The summed E-state index contributed by atoms with van der Waals surface area (Å²) in [5.41, 5.74) is 1.68. The molecule has 1 aliphatic rings. The fraction of sp³-hybridized carbons (Fsp3) is 0.111. The van der Waals surface area contributed by atoms with Crippen molar-refractivity contribution < 1.29 is 13.6 Å². The standard InChI is InChI=1S/C18H14F2NO/c1-12(22)21-11-14(16-10-15(19)7-8-17(16)20)9-18(21)13-5-3-2-4-6-13/h2-10,18H,1,11H2. The first kappa shape index (κ1) is 14.4. The zero-order valence-electron chi connectivity index (χ0n) is 11.8. The van der Waals surface area contributed by atoms with Crippen LogP contribution in [-0.2, 0) is 4.79 Å². The van der Waals surface area contributed by atoms with Crippen molar-refractivity contribution in [2.24, 2.45) is 0 Å². The van der Waals surface area contributed by atoms with Crippen molar-refractivity contribution in [3.63, 3.8) is 0 Å². The van der Waals surface area contributed by atoms with E-state index in [0.29, 0.717) is 5.57 Å². The lowest BCUT2D eigenvalue weighted by molar-refractivity contribution is -0.126. The average Bonchev–Trinajstić information content (AvgIpc) is 2.96. The van der Waals surface area contributed by atoms with Crippen LogP contribution < -0.4 is 0 Å². The van der Waals surface area contributed by atoms with E-state index in [2.05, 4.69) is 6.92 Å². The van der Waals surface area contributed by atoms with Gasteiger partial charge in [-0.05, 0) is 29.3 Å². The van der Waals surface area contributed by atoms with Crippen LogP contribution in [0.1, 0.15) is 17.2 Å². The van der Waals surface area contributed by atoms with Gasteiger partial charge in [-0.2, -0.15) is 0 Å². The first-order valence-corrected chi connectivity index (χ1v) is 6.90. The third-order valence-electron chi connectivity index (χ3n) is 3.77. The van der Waals surface area contributed by atoms with Crippen LogP contribution in [0, 0.1) is 18.6 Å². The maximum Gasteiger partial charge on any atom is 0.224 e. The Kier molecular flexibility index (Phi) is 3.75. The van der Waals surface area contributed by atoms with Gasteiger partial charge in [0.15, 0.2) is 0 Å². The summed E-state index contributed by atoms with van der Waals surface area (Å²) in [6.07, 6.45) is 1.79. The highest BCUT2D eigenvalue weighted by atomic mass is 19.1. The van der Waals surface area contributed by atoms with Gasteiger partial charge in [-0.1, -0.05) is 36.4 Å². The number of carbonyl (C=O) groups is 1. The van der Waals surface area contributed by atoms with Gasteiger partial charge >= 0.3 is 0 Å². The topological polar surface area (TPSA) is 20.3 Å². The summed E-state index contributed by atoms with van der Waals surface area (Å²) >= 11 is 0. The van der Waals surface area contributed by atoms with Gasteiger partial charge in [0.1, 0.15) is 11.6 Å². The van der Waals surface area contributed by atoms with Gasteiger partial charge in [-0.15, -0.1) is 0 Å². The predicted octanol–water partition coefficient (Wildman–Crippen LogP) is 3.77. The molecule has 0 aromatic heterocycles. The lowest BCUT2D eigenvalue weighted by Crippen LogP contribution is -2.29. The molecule has 2 aromatic carbocycles. The van der Waals surface area contributed by atoms with E-state index in [-0.39, 0.29) is 24.1 Å². The maximum absolute atomic E-state index is 14.0. The van der Waals surface area contributed by atoms with Crippen LogP contribution in [0.5, 0.6) is 0 Å². The molecule has 1 unspecified atom stereocenters. The lowest BCUT2D eigenvalue weighted by Gasteiger charge is -2.23. The molecule has 3 rings (SSSR count). The van der Waals surface area contributed by atoms with E-state index >= 15 is 0 Å². The molecule has 0 bridgehead atoms. The number of benzene rings is 2. The predicted molar refractivity (Wildman–Crippen MR) is 80.6 cm³/mol. The summed E-state index contributed by atoms with van der Waals surface area (Å²) in [6.45, 7) is 3.66. The Morgan fingerprint density at radius 1 is 1.14 bits per heavy atom. The molecule has 1 amide bonds. The number of amides is 1. The number of hydrogen-bond acceptors (Lipinski definition) is 1. The van der Waals surface area contributed by atoms with Gasteiger partial charge in [0.2, 0.25) is 5.91 Å². The fourth-order valence-corrected chi connectivity index (χ4v) is 2.70. The molecule has 0 saturated heterocycles. The summed E-state index contributed by atoms with van der Waals surface area (Å²) < 4.78 is 27.3. The summed E-state index contributed by atoms with van der Waals surface area (Å²) in [5, 5.41) is 0. The van der Waals surface area contributed by atoms with Crippen molar-refractivity contribution in [1.82, 2.24) is 4.90 Å². The maximum atomic E-state index is 14.0. The lowest BCUT2D eigenvalue weighted by atomic mass is 10.0. The third-order valence-corrected chi connectivity index (χ3v) is 3.77. The van der Waals surface area contributed by atoms with Crippen LogP contribution in [0.15, 0.2) is 54.6 Å². The van der Waals surface area contributed by atoms with Gasteiger partial charge in [0.05, 0.1) is 6.04 Å². The zero-order valence-corrected chi connectivity index (χ0v) is 11.8. The Labute approximate surface area is 127 Å². The Bertz CT molecular complexity index is 740. The summed E-state index contributed by atoms with van der Waals surface area (Å²) in [5.74, 6) is -1.36. The number of hydrogen-bond donors (Lipinski definition) is 0. The first-order chi connectivity index (χ1) is 10.6. The molecule has 1 aliphatic heterocycles. The number of carbonyl (C=O) groups excluding carboxylic acids is 1. The molecule has 0 saturated carbocycles. The summed E-state index contributed by atoms with van der Waals surface area (Å²) in [6, 6.07) is 12.4. The molecule has 4 heteroatoms. The van der Waals surface area contributed by atoms with E-state index in [1.54, 1.807) is 6.08 Å². The normalized spacial score (nSPS) is 17.5. The smallest absolute Gasteiger partial charge is 0.224 e. The average molecular weight is 298 g/mol. The van der Waals surface area contributed by atoms with Crippen molar-refractivity contribution in [2.45, 2.75) is 6.04 Å². The largest absolute Gasteiger partial charge is 0.328 e. The van der Waals surface area contributed by atoms with Gasteiger partial charge in [0.25, 0.3) is 0 Å². The van der Waals surface area contributed by atoms with Crippen LogP contribution in [0.2, 0.25) is 0 Å². The Balaban J connectivity index is 2.03. The fourth-order valence-electron chi connectivity index (χ4n) is 2.70. The molecule has 2 aromatic rings. The van der Waals surface area contributed by atoms with E-state index in [1.165, 1.54) is 4.90 Å². The van der Waals surface area contributed by atoms with Gasteiger partial charge in [0, 0.05) is 19.0 Å². The molecular formula is C18H14F2NO. The van der Waals surface area contributed by atoms with Gasteiger partial charge < -0.3 is 4.90 Å². The minimum absolute atomic E-state index is 0.185. The number of rotatable bonds is 2. The van der Waals surface area contributed by atoms with Crippen molar-refractivity contribution in [2.75, 3.05) is 6.54 Å².